The summed E-state index contributed by atoms with van der Waals surface area (Å²) in [6.45, 7) is 2.58. The Kier molecular flexibility index (Phi) is 6.37. The molecule has 2 heterocycles. The van der Waals surface area contributed by atoms with E-state index in [4.69, 9.17) is 11.6 Å². The van der Waals surface area contributed by atoms with Crippen molar-refractivity contribution < 1.29 is 13.2 Å². The van der Waals surface area contributed by atoms with Crippen LogP contribution in [0.3, 0.4) is 0 Å². The second kappa shape index (κ2) is 8.59. The van der Waals surface area contributed by atoms with Crippen molar-refractivity contribution in [3.05, 3.63) is 59.4 Å². The number of piperidine rings is 1. The van der Waals surface area contributed by atoms with Gasteiger partial charge in [-0.1, -0.05) is 41.9 Å². The molecular formula is C20H24ClN3O3S. The van der Waals surface area contributed by atoms with E-state index in [0.717, 1.165) is 5.56 Å². The van der Waals surface area contributed by atoms with Gasteiger partial charge in [-0.25, -0.2) is 13.4 Å². The molecule has 28 heavy (non-hydrogen) atoms. The lowest BCUT2D eigenvalue weighted by Crippen LogP contribution is -2.44. The smallest absolute Gasteiger partial charge is 0.246 e. The van der Waals surface area contributed by atoms with E-state index in [9.17, 15) is 13.2 Å². The van der Waals surface area contributed by atoms with Crippen LogP contribution >= 0.6 is 11.6 Å². The summed E-state index contributed by atoms with van der Waals surface area (Å²) >= 11 is 5.96. The fourth-order valence-corrected chi connectivity index (χ4v) is 5.38. The number of sulfonamides is 1. The third-order valence-electron chi connectivity index (χ3n) is 5.36. The molecule has 8 heteroatoms. The maximum Gasteiger partial charge on any atom is 0.246 e. The van der Waals surface area contributed by atoms with Crippen molar-refractivity contribution in [3.8, 4) is 0 Å². The van der Waals surface area contributed by atoms with Crippen molar-refractivity contribution in [2.45, 2.75) is 30.7 Å². The minimum Gasteiger partial charge on any atom is -0.339 e. The van der Waals surface area contributed by atoms with Crippen LogP contribution in [0.4, 0.5) is 0 Å². The number of hydrogen-bond donors (Lipinski definition) is 0. The van der Waals surface area contributed by atoms with Crippen LogP contribution in [0.2, 0.25) is 5.15 Å². The Morgan fingerprint density at radius 2 is 1.82 bits per heavy atom. The summed E-state index contributed by atoms with van der Waals surface area (Å²) < 4.78 is 27.0. The third kappa shape index (κ3) is 4.21. The highest BCUT2D eigenvalue weighted by Gasteiger charge is 2.35. The molecule has 1 aliphatic heterocycles. The first-order valence-electron chi connectivity index (χ1n) is 9.24. The number of amides is 1. The molecule has 0 N–H and O–H groups in total. The van der Waals surface area contributed by atoms with Crippen LogP contribution in [0.25, 0.3) is 0 Å². The Hall–Kier alpha value is -1.96. The van der Waals surface area contributed by atoms with E-state index in [2.05, 4.69) is 4.98 Å². The van der Waals surface area contributed by atoms with Crippen molar-refractivity contribution in [1.29, 1.82) is 0 Å². The van der Waals surface area contributed by atoms with E-state index in [-0.39, 0.29) is 41.0 Å². The van der Waals surface area contributed by atoms with Gasteiger partial charge in [0.15, 0.2) is 0 Å². The highest BCUT2D eigenvalue weighted by atomic mass is 35.5. The lowest BCUT2D eigenvalue weighted by Gasteiger charge is -2.34. The summed E-state index contributed by atoms with van der Waals surface area (Å²) in [5, 5.41) is -0.0304. The average Bonchev–Trinajstić information content (AvgIpc) is 2.73. The number of carbonyl (C=O) groups excluding carboxylic acids is 1. The second-order valence-corrected chi connectivity index (χ2v) is 9.27. The Bertz CT molecular complexity index is 929. The highest BCUT2D eigenvalue weighted by molar-refractivity contribution is 7.89. The van der Waals surface area contributed by atoms with Crippen LogP contribution in [0.15, 0.2) is 53.6 Å². The molecule has 1 fully saturated rings. The summed E-state index contributed by atoms with van der Waals surface area (Å²) in [5.74, 6) is -0.139. The minimum atomic E-state index is -3.71. The van der Waals surface area contributed by atoms with Crippen LogP contribution in [-0.4, -0.2) is 48.7 Å². The first kappa shape index (κ1) is 20.8. The summed E-state index contributed by atoms with van der Waals surface area (Å²) in [6.07, 6.45) is 2.43. The van der Waals surface area contributed by atoms with Crippen molar-refractivity contribution in [1.82, 2.24) is 14.2 Å². The molecule has 0 aliphatic carbocycles. The Morgan fingerprint density at radius 1 is 1.18 bits per heavy atom. The molecule has 3 rings (SSSR count). The molecule has 1 aromatic carbocycles. The average molecular weight is 422 g/mol. The lowest BCUT2D eigenvalue weighted by molar-refractivity contribution is -0.137. The predicted molar refractivity (Wildman–Crippen MR) is 108 cm³/mol. The summed E-state index contributed by atoms with van der Waals surface area (Å²) in [5.41, 5.74) is 1.07. The summed E-state index contributed by atoms with van der Waals surface area (Å²) in [6, 6.07) is 12.8. The molecule has 1 aliphatic rings. The highest BCUT2D eigenvalue weighted by Crippen LogP contribution is 2.29. The van der Waals surface area contributed by atoms with E-state index in [1.54, 1.807) is 18.0 Å². The SMILES string of the molecule is CC(c1ccccc1)N(C)C(=O)C1CCN(S(=O)(=O)c2cccnc2Cl)CC1. The summed E-state index contributed by atoms with van der Waals surface area (Å²) in [4.78, 5) is 18.5. The van der Waals surface area contributed by atoms with E-state index in [0.29, 0.717) is 12.8 Å². The van der Waals surface area contributed by atoms with Crippen LogP contribution in [0.1, 0.15) is 31.4 Å². The Balaban J connectivity index is 1.65. The number of halogens is 1. The number of pyridine rings is 1. The third-order valence-corrected chi connectivity index (χ3v) is 7.70. The van der Waals surface area contributed by atoms with Gasteiger partial charge in [-0.05, 0) is 37.5 Å². The Labute approximate surface area is 171 Å². The monoisotopic (exact) mass is 421 g/mol. The van der Waals surface area contributed by atoms with Crippen LogP contribution in [0.5, 0.6) is 0 Å². The maximum atomic E-state index is 12.9. The van der Waals surface area contributed by atoms with Gasteiger partial charge in [-0.2, -0.15) is 4.31 Å². The zero-order valence-electron chi connectivity index (χ0n) is 16.0. The van der Waals surface area contributed by atoms with Gasteiger partial charge in [0, 0.05) is 32.3 Å². The summed E-state index contributed by atoms with van der Waals surface area (Å²) in [7, 11) is -1.90. The molecule has 1 unspecified atom stereocenters. The van der Waals surface area contributed by atoms with Crippen molar-refractivity contribution in [3.63, 3.8) is 0 Å². The number of nitrogens with zero attached hydrogens (tertiary/aromatic N) is 3. The molecule has 1 amide bonds. The van der Waals surface area contributed by atoms with Crippen molar-refractivity contribution in [2.24, 2.45) is 5.92 Å². The molecule has 150 valence electrons. The number of carbonyl (C=O) groups is 1. The zero-order valence-corrected chi connectivity index (χ0v) is 17.5. The van der Waals surface area contributed by atoms with Gasteiger partial charge < -0.3 is 4.90 Å². The first-order valence-corrected chi connectivity index (χ1v) is 11.1. The van der Waals surface area contributed by atoms with Gasteiger partial charge >= 0.3 is 0 Å². The Morgan fingerprint density at radius 3 is 2.43 bits per heavy atom. The number of rotatable bonds is 5. The van der Waals surface area contributed by atoms with E-state index in [1.807, 2.05) is 37.3 Å². The maximum absolute atomic E-state index is 12.9. The van der Waals surface area contributed by atoms with Gasteiger partial charge in [0.05, 0.1) is 6.04 Å². The van der Waals surface area contributed by atoms with Gasteiger partial charge in [-0.15, -0.1) is 0 Å². The predicted octanol–water partition coefficient (Wildman–Crippen LogP) is 3.36. The van der Waals surface area contributed by atoms with Gasteiger partial charge in [-0.3, -0.25) is 4.79 Å². The quantitative estimate of drug-likeness (QED) is 0.694. The molecule has 1 aromatic heterocycles. The number of hydrogen-bond acceptors (Lipinski definition) is 4. The number of aromatic nitrogens is 1. The van der Waals surface area contributed by atoms with Crippen LogP contribution < -0.4 is 0 Å². The molecule has 1 saturated heterocycles. The van der Waals surface area contributed by atoms with E-state index >= 15 is 0 Å². The fourth-order valence-electron chi connectivity index (χ4n) is 3.48. The van der Waals surface area contributed by atoms with Crippen molar-refractivity contribution in [2.75, 3.05) is 20.1 Å². The second-order valence-electron chi connectivity index (χ2n) is 7.01. The van der Waals surface area contributed by atoms with Crippen LogP contribution in [-0.2, 0) is 14.8 Å². The molecule has 0 radical (unpaired) electrons. The fraction of sp³-hybridized carbons (Fsp3) is 0.400. The molecule has 6 nitrogen and oxygen atoms in total. The normalized spacial score (nSPS) is 17.2. The molecular weight excluding hydrogens is 398 g/mol. The van der Waals surface area contributed by atoms with Crippen LogP contribution in [0, 0.1) is 5.92 Å². The molecule has 2 aromatic rings. The standard InChI is InChI=1S/C20H24ClN3O3S/c1-15(16-7-4-3-5-8-16)23(2)20(25)17-10-13-24(14-11-17)28(26,27)18-9-6-12-22-19(18)21/h3-9,12,15,17H,10-11,13-14H2,1-2H3. The van der Waals surface area contributed by atoms with Gasteiger partial charge in [0.1, 0.15) is 10.0 Å². The molecule has 1 atom stereocenters. The van der Waals surface area contributed by atoms with E-state index in [1.165, 1.54) is 16.6 Å². The first-order chi connectivity index (χ1) is 13.3. The molecule has 0 bridgehead atoms. The molecule has 0 spiro atoms. The minimum absolute atomic E-state index is 0.0104. The largest absolute Gasteiger partial charge is 0.339 e. The zero-order chi connectivity index (χ0) is 20.3. The van der Waals surface area contributed by atoms with E-state index < -0.39 is 10.0 Å². The molecule has 0 saturated carbocycles. The lowest BCUT2D eigenvalue weighted by atomic mass is 9.95. The number of benzene rings is 1. The van der Waals surface area contributed by atoms with Crippen molar-refractivity contribution >= 4 is 27.5 Å². The topological polar surface area (TPSA) is 70.6 Å². The van der Waals surface area contributed by atoms with Gasteiger partial charge in [0.25, 0.3) is 0 Å². The van der Waals surface area contributed by atoms with Gasteiger partial charge in [0.2, 0.25) is 15.9 Å².